The van der Waals surface area contributed by atoms with E-state index in [0.717, 1.165) is 4.52 Å². The Morgan fingerprint density at radius 1 is 1.18 bits per heavy atom. The Balaban J connectivity index is 1.64. The van der Waals surface area contributed by atoms with Gasteiger partial charge in [-0.25, -0.2) is 4.52 Å². The number of amides is 3. The first-order valence-electron chi connectivity index (χ1n) is 12.4. The van der Waals surface area contributed by atoms with Crippen molar-refractivity contribution in [3.63, 3.8) is 0 Å². The highest BCUT2D eigenvalue weighted by molar-refractivity contribution is 5.95. The molecule has 2 N–H and O–H groups in total. The molecule has 1 saturated carbocycles. The lowest BCUT2D eigenvalue weighted by atomic mass is 9.85. The quantitative estimate of drug-likeness (QED) is 0.438. The van der Waals surface area contributed by atoms with Crippen molar-refractivity contribution in [1.82, 2.24) is 25.1 Å². The molecule has 13 heteroatoms. The average molecular weight is 551 g/mol. The SMILES string of the molecule is Cc1ccc(F)n2ncc(C(C#N)NC(=O)C3C4[C@H](CN3C(=O)C(NC(=O)C(F)(F)F)C(C)(C)C)C4(C)C)c12. The first-order valence-corrected chi connectivity index (χ1v) is 12.4. The summed E-state index contributed by atoms with van der Waals surface area (Å²) in [4.78, 5) is 40.3. The van der Waals surface area contributed by atoms with Crippen LogP contribution in [0.25, 0.3) is 5.52 Å². The molecule has 4 unspecified atom stereocenters. The van der Waals surface area contributed by atoms with E-state index in [9.17, 15) is 37.2 Å². The van der Waals surface area contributed by atoms with Gasteiger partial charge in [-0.2, -0.15) is 27.9 Å². The number of fused-ring (bicyclic) bond motifs is 2. The van der Waals surface area contributed by atoms with Crippen molar-refractivity contribution in [3.05, 3.63) is 35.4 Å². The summed E-state index contributed by atoms with van der Waals surface area (Å²) in [5.74, 6) is -4.79. The molecule has 1 aliphatic carbocycles. The van der Waals surface area contributed by atoms with Gasteiger partial charge >= 0.3 is 12.1 Å². The summed E-state index contributed by atoms with van der Waals surface area (Å²) < 4.78 is 54.4. The van der Waals surface area contributed by atoms with Gasteiger partial charge in [-0.15, -0.1) is 0 Å². The third-order valence-electron chi connectivity index (χ3n) is 7.98. The Kier molecular flexibility index (Phi) is 6.68. The summed E-state index contributed by atoms with van der Waals surface area (Å²) in [5, 5.41) is 18.3. The van der Waals surface area contributed by atoms with Gasteiger partial charge < -0.3 is 15.5 Å². The molecule has 0 bridgehead atoms. The number of likely N-dealkylation sites (tertiary alicyclic amines) is 1. The number of rotatable bonds is 5. The second-order valence-corrected chi connectivity index (χ2v) is 11.9. The molecule has 4 rings (SSSR count). The molecule has 1 aliphatic heterocycles. The summed E-state index contributed by atoms with van der Waals surface area (Å²) in [6.07, 6.45) is -3.91. The molecular weight excluding hydrogens is 520 g/mol. The number of aryl methyl sites for hydroxylation is 1. The molecule has 3 amide bonds. The molecule has 2 aromatic rings. The molecule has 0 aromatic carbocycles. The van der Waals surface area contributed by atoms with Crippen LogP contribution in [-0.4, -0.2) is 57.0 Å². The normalized spacial score (nSPS) is 23.5. The van der Waals surface area contributed by atoms with Crippen LogP contribution in [0.4, 0.5) is 17.6 Å². The summed E-state index contributed by atoms with van der Waals surface area (Å²) in [6.45, 7) is 10.2. The second kappa shape index (κ2) is 9.20. The average Bonchev–Trinajstić information content (AvgIpc) is 3.23. The molecule has 2 aliphatic rings. The number of nitrogens with zero attached hydrogens (tertiary/aromatic N) is 4. The fraction of sp³-hybridized carbons (Fsp3) is 0.577. The minimum atomic E-state index is -5.19. The van der Waals surface area contributed by atoms with E-state index in [4.69, 9.17) is 0 Å². The molecule has 2 fully saturated rings. The summed E-state index contributed by atoms with van der Waals surface area (Å²) in [6, 6.07) is 0.848. The predicted molar refractivity (Wildman–Crippen MR) is 130 cm³/mol. The standard InChI is InChI=1S/C26H30F4N6O3/c1-12-7-8-16(27)36-18(12)13(10-32-36)15(9-31)33-21(37)19-17-14(25(17,5)6)11-35(19)22(38)20(24(2,3)4)34-23(39)26(28,29)30/h7-8,10,14-15,17,19-20H,11H2,1-6H3,(H,33,37)(H,34,39)/t14-,15?,17?,19?,20?/m0/s1. The summed E-state index contributed by atoms with van der Waals surface area (Å²) in [5.41, 5.74) is -0.232. The van der Waals surface area contributed by atoms with Gasteiger partial charge in [-0.05, 0) is 41.2 Å². The number of halogens is 4. The second-order valence-electron chi connectivity index (χ2n) is 11.9. The van der Waals surface area contributed by atoms with Crippen molar-refractivity contribution >= 4 is 23.2 Å². The first-order chi connectivity index (χ1) is 17.9. The van der Waals surface area contributed by atoms with E-state index >= 15 is 0 Å². The zero-order valence-electron chi connectivity index (χ0n) is 22.4. The van der Waals surface area contributed by atoms with Gasteiger partial charge in [0.15, 0.2) is 0 Å². The van der Waals surface area contributed by atoms with Crippen LogP contribution in [0, 0.1) is 46.9 Å². The molecular formula is C26H30F4N6O3. The minimum Gasteiger partial charge on any atom is -0.336 e. The number of carbonyl (C=O) groups is 3. The van der Waals surface area contributed by atoms with Crippen LogP contribution in [0.1, 0.15) is 51.8 Å². The number of nitrogens with one attached hydrogen (secondary N) is 2. The number of hydrogen-bond acceptors (Lipinski definition) is 5. The Morgan fingerprint density at radius 3 is 2.38 bits per heavy atom. The van der Waals surface area contributed by atoms with Gasteiger partial charge in [-0.1, -0.05) is 40.7 Å². The molecule has 9 nitrogen and oxygen atoms in total. The van der Waals surface area contributed by atoms with E-state index in [-0.39, 0.29) is 29.4 Å². The summed E-state index contributed by atoms with van der Waals surface area (Å²) >= 11 is 0. The van der Waals surface area contributed by atoms with Gasteiger partial charge in [0, 0.05) is 12.1 Å². The van der Waals surface area contributed by atoms with E-state index in [1.807, 2.05) is 19.9 Å². The van der Waals surface area contributed by atoms with Crippen molar-refractivity contribution < 1.29 is 31.9 Å². The highest BCUT2D eigenvalue weighted by Gasteiger charge is 2.70. The summed E-state index contributed by atoms with van der Waals surface area (Å²) in [7, 11) is 0. The van der Waals surface area contributed by atoms with Crippen LogP contribution >= 0.6 is 0 Å². The molecule has 0 radical (unpaired) electrons. The third kappa shape index (κ3) is 4.81. The van der Waals surface area contributed by atoms with E-state index < -0.39 is 53.4 Å². The topological polar surface area (TPSA) is 120 Å². The van der Waals surface area contributed by atoms with Crippen LogP contribution in [0.3, 0.4) is 0 Å². The van der Waals surface area contributed by atoms with Crippen molar-refractivity contribution in [2.24, 2.45) is 22.7 Å². The molecule has 39 heavy (non-hydrogen) atoms. The lowest BCUT2D eigenvalue weighted by Gasteiger charge is -2.37. The Morgan fingerprint density at radius 2 is 1.82 bits per heavy atom. The maximum absolute atomic E-state index is 14.3. The fourth-order valence-corrected chi connectivity index (χ4v) is 5.72. The van der Waals surface area contributed by atoms with Crippen molar-refractivity contribution in [3.8, 4) is 6.07 Å². The van der Waals surface area contributed by atoms with Crippen LogP contribution in [0.15, 0.2) is 18.3 Å². The predicted octanol–water partition coefficient (Wildman–Crippen LogP) is 3.04. The van der Waals surface area contributed by atoms with Crippen molar-refractivity contribution in [1.29, 1.82) is 5.26 Å². The number of hydrogen-bond donors (Lipinski definition) is 2. The van der Waals surface area contributed by atoms with Crippen LogP contribution in [0.2, 0.25) is 0 Å². The Labute approximate surface area is 222 Å². The molecule has 3 heterocycles. The number of aromatic nitrogens is 2. The van der Waals surface area contributed by atoms with Crippen molar-refractivity contribution in [2.75, 3.05) is 6.54 Å². The zero-order chi connectivity index (χ0) is 29.2. The van der Waals surface area contributed by atoms with Crippen molar-refractivity contribution in [2.45, 2.75) is 65.8 Å². The fourth-order valence-electron chi connectivity index (χ4n) is 5.72. The monoisotopic (exact) mass is 550 g/mol. The van der Waals surface area contributed by atoms with Gasteiger partial charge in [0.05, 0.1) is 17.8 Å². The smallest absolute Gasteiger partial charge is 0.336 e. The molecule has 0 spiro atoms. The third-order valence-corrected chi connectivity index (χ3v) is 7.98. The first kappa shape index (κ1) is 28.3. The van der Waals surface area contributed by atoms with E-state index in [2.05, 4.69) is 10.4 Å². The lowest BCUT2D eigenvalue weighted by molar-refractivity contribution is -0.176. The molecule has 5 atom stereocenters. The number of piperidine rings is 1. The van der Waals surface area contributed by atoms with Crippen LogP contribution in [-0.2, 0) is 14.4 Å². The Hall–Kier alpha value is -3.69. The van der Waals surface area contributed by atoms with Gasteiger partial charge in [0.1, 0.15) is 18.1 Å². The number of pyridine rings is 1. The number of nitriles is 1. The van der Waals surface area contributed by atoms with E-state index in [1.165, 1.54) is 44.0 Å². The van der Waals surface area contributed by atoms with Gasteiger partial charge in [-0.3, -0.25) is 14.4 Å². The lowest BCUT2D eigenvalue weighted by Crippen LogP contribution is -2.60. The highest BCUT2D eigenvalue weighted by atomic mass is 19.4. The molecule has 1 saturated heterocycles. The minimum absolute atomic E-state index is 0.0926. The maximum atomic E-state index is 14.3. The van der Waals surface area contributed by atoms with Crippen LogP contribution < -0.4 is 10.6 Å². The van der Waals surface area contributed by atoms with E-state index in [1.54, 1.807) is 12.2 Å². The van der Waals surface area contributed by atoms with Gasteiger partial charge in [0.2, 0.25) is 17.8 Å². The zero-order valence-corrected chi connectivity index (χ0v) is 22.4. The van der Waals surface area contributed by atoms with Gasteiger partial charge in [0.25, 0.3) is 0 Å². The van der Waals surface area contributed by atoms with Crippen LogP contribution in [0.5, 0.6) is 0 Å². The van der Waals surface area contributed by atoms with E-state index in [0.29, 0.717) is 11.1 Å². The maximum Gasteiger partial charge on any atom is 0.471 e. The highest BCUT2D eigenvalue weighted by Crippen LogP contribution is 2.65. The molecule has 210 valence electrons. The Bertz CT molecular complexity index is 1390. The number of alkyl halides is 3. The number of carbonyl (C=O) groups excluding carboxylic acids is 3. The molecule has 2 aromatic heterocycles. The largest absolute Gasteiger partial charge is 0.471 e.